The summed E-state index contributed by atoms with van der Waals surface area (Å²) in [7, 11) is 0. The molecule has 2 aromatic rings. The molecule has 2 aromatic carbocycles. The van der Waals surface area contributed by atoms with Gasteiger partial charge >= 0.3 is 0 Å². The Morgan fingerprint density at radius 1 is 1.19 bits per heavy atom. The van der Waals surface area contributed by atoms with Crippen molar-refractivity contribution in [2.75, 3.05) is 10.7 Å². The zero-order chi connectivity index (χ0) is 19.3. The first-order chi connectivity index (χ1) is 12.3. The van der Waals surface area contributed by atoms with Crippen LogP contribution < -0.4 is 16.5 Å². The number of hydrogen-bond acceptors (Lipinski definition) is 5. The maximum Gasteiger partial charge on any atom is 0.257 e. The van der Waals surface area contributed by atoms with E-state index >= 15 is 0 Å². The first-order valence-electron chi connectivity index (χ1n) is 6.96. The molecule has 0 bridgehead atoms. The number of carbonyl (C=O) groups excluding carboxylic acids is 1. The lowest BCUT2D eigenvalue weighted by Crippen LogP contribution is -2.21. The molecule has 0 atom stereocenters. The van der Waals surface area contributed by atoms with E-state index in [1.807, 2.05) is 0 Å². The van der Waals surface area contributed by atoms with Crippen LogP contribution in [0.4, 0.5) is 20.2 Å². The molecule has 2 rings (SSSR count). The molecule has 0 fully saturated rings. The van der Waals surface area contributed by atoms with E-state index in [4.69, 9.17) is 28.0 Å². The smallest absolute Gasteiger partial charge is 0.257 e. The lowest BCUT2D eigenvalue weighted by molar-refractivity contribution is 0.102. The monoisotopic (exact) mass is 376 g/mol. The van der Waals surface area contributed by atoms with E-state index in [0.29, 0.717) is 17.4 Å². The molecule has 0 heterocycles. The summed E-state index contributed by atoms with van der Waals surface area (Å²) in [5.74, 6) is -3.52. The van der Waals surface area contributed by atoms with Gasteiger partial charge in [-0.1, -0.05) is 11.6 Å². The normalized spacial score (nSPS) is 10.8. The van der Waals surface area contributed by atoms with Crippen LogP contribution in [-0.4, -0.2) is 17.5 Å². The van der Waals surface area contributed by atoms with Crippen molar-refractivity contribution in [2.45, 2.75) is 0 Å². The van der Waals surface area contributed by atoms with E-state index in [0.717, 1.165) is 6.07 Å². The van der Waals surface area contributed by atoms with Crippen molar-refractivity contribution in [2.24, 2.45) is 10.8 Å². The maximum absolute atomic E-state index is 13.3. The summed E-state index contributed by atoms with van der Waals surface area (Å²) in [6.07, 6.45) is 0. The molecule has 0 aromatic heterocycles. The fourth-order valence-corrected chi connectivity index (χ4v) is 2.03. The number of amidine groups is 1. The summed E-state index contributed by atoms with van der Waals surface area (Å²) >= 11 is 5.75. The first-order valence-corrected chi connectivity index (χ1v) is 7.33. The van der Waals surface area contributed by atoms with Crippen molar-refractivity contribution in [1.29, 1.82) is 10.7 Å². The SMILES string of the molecule is N#C/C(=N\Nc1ccc(NC(=O)c2cc(F)c(F)cc2Cl)cc1)C(=N)N. The molecule has 132 valence electrons. The van der Waals surface area contributed by atoms with Crippen molar-refractivity contribution in [3.8, 4) is 6.07 Å². The summed E-state index contributed by atoms with van der Waals surface area (Å²) in [6, 6.07) is 9.15. The van der Waals surface area contributed by atoms with Gasteiger partial charge in [0, 0.05) is 5.69 Å². The van der Waals surface area contributed by atoms with E-state index in [1.54, 1.807) is 6.07 Å². The van der Waals surface area contributed by atoms with Crippen molar-refractivity contribution in [3.05, 3.63) is 58.6 Å². The van der Waals surface area contributed by atoms with E-state index < -0.39 is 23.4 Å². The first kappa shape index (κ1) is 18.8. The second kappa shape index (κ2) is 8.04. The molecule has 5 N–H and O–H groups in total. The molecule has 0 radical (unpaired) electrons. The molecule has 0 aliphatic rings. The van der Waals surface area contributed by atoms with Gasteiger partial charge in [0.25, 0.3) is 5.91 Å². The predicted octanol–water partition coefficient (Wildman–Crippen LogP) is 3.10. The number of nitriles is 1. The van der Waals surface area contributed by atoms with Crippen LogP contribution in [0.2, 0.25) is 5.02 Å². The van der Waals surface area contributed by atoms with Crippen LogP contribution in [0.5, 0.6) is 0 Å². The van der Waals surface area contributed by atoms with E-state index in [-0.39, 0.29) is 16.3 Å². The zero-order valence-corrected chi connectivity index (χ0v) is 13.7. The highest BCUT2D eigenvalue weighted by molar-refractivity contribution is 6.45. The van der Waals surface area contributed by atoms with Crippen LogP contribution >= 0.6 is 11.6 Å². The third-order valence-electron chi connectivity index (χ3n) is 3.06. The molecule has 1 amide bonds. The minimum atomic E-state index is -1.18. The molecular formula is C16H11ClF2N6O. The van der Waals surface area contributed by atoms with Crippen LogP contribution in [0.15, 0.2) is 41.5 Å². The van der Waals surface area contributed by atoms with Crippen LogP contribution in [0.3, 0.4) is 0 Å². The second-order valence-electron chi connectivity index (χ2n) is 4.88. The van der Waals surface area contributed by atoms with Gasteiger partial charge in [-0.3, -0.25) is 15.6 Å². The van der Waals surface area contributed by atoms with Gasteiger partial charge in [0.05, 0.1) is 16.3 Å². The summed E-state index contributed by atoms with van der Waals surface area (Å²) in [4.78, 5) is 12.1. The number of nitrogens with two attached hydrogens (primary N) is 1. The topological polar surface area (TPSA) is 127 Å². The summed E-state index contributed by atoms with van der Waals surface area (Å²) in [6.45, 7) is 0. The standard InChI is InChI=1S/C16H11ClF2N6O/c17-11-6-13(19)12(18)5-10(11)16(26)23-8-1-3-9(4-2-8)24-25-14(7-20)15(21)22/h1-6,24H,(H3,21,22)(H,23,26)/b25-14+. The van der Waals surface area contributed by atoms with Gasteiger partial charge in [0.2, 0.25) is 5.71 Å². The maximum atomic E-state index is 13.3. The number of anilines is 2. The highest BCUT2D eigenvalue weighted by Gasteiger charge is 2.15. The van der Waals surface area contributed by atoms with Crippen LogP contribution in [0, 0.1) is 28.4 Å². The highest BCUT2D eigenvalue weighted by atomic mass is 35.5. The number of hydrogen-bond donors (Lipinski definition) is 4. The molecule has 0 aliphatic carbocycles. The average Bonchev–Trinajstić information content (AvgIpc) is 2.59. The number of nitrogens with one attached hydrogen (secondary N) is 3. The average molecular weight is 377 g/mol. The highest BCUT2D eigenvalue weighted by Crippen LogP contribution is 2.22. The lowest BCUT2D eigenvalue weighted by atomic mass is 10.2. The largest absolute Gasteiger partial charge is 0.382 e. The number of rotatable bonds is 5. The fourth-order valence-electron chi connectivity index (χ4n) is 1.79. The number of nitrogens with zero attached hydrogens (tertiary/aromatic N) is 2. The van der Waals surface area contributed by atoms with Gasteiger partial charge in [-0.05, 0) is 36.4 Å². The minimum absolute atomic E-state index is 0.211. The quantitative estimate of drug-likeness (QED) is 0.276. The Kier molecular flexibility index (Phi) is 5.82. The van der Waals surface area contributed by atoms with E-state index in [9.17, 15) is 13.6 Å². The van der Waals surface area contributed by atoms with Crippen LogP contribution in [0.1, 0.15) is 10.4 Å². The molecule has 7 nitrogen and oxygen atoms in total. The number of halogens is 3. The van der Waals surface area contributed by atoms with Gasteiger partial charge in [-0.25, -0.2) is 8.78 Å². The molecule has 0 spiro atoms. The van der Waals surface area contributed by atoms with Gasteiger partial charge in [0.15, 0.2) is 17.5 Å². The zero-order valence-electron chi connectivity index (χ0n) is 13.0. The number of amides is 1. The predicted molar refractivity (Wildman–Crippen MR) is 94.3 cm³/mol. The summed E-state index contributed by atoms with van der Waals surface area (Å²) in [5.41, 5.74) is 8.02. The molecule has 0 saturated carbocycles. The Hall–Kier alpha value is -3.51. The molecule has 0 saturated heterocycles. The molecular weight excluding hydrogens is 366 g/mol. The van der Waals surface area contributed by atoms with Crippen LogP contribution in [0.25, 0.3) is 0 Å². The Labute approximate surface area is 151 Å². The van der Waals surface area contributed by atoms with E-state index in [2.05, 4.69) is 15.8 Å². The summed E-state index contributed by atoms with van der Waals surface area (Å²) < 4.78 is 26.3. The molecule has 0 aliphatic heterocycles. The van der Waals surface area contributed by atoms with Crippen LogP contribution in [-0.2, 0) is 0 Å². The van der Waals surface area contributed by atoms with Gasteiger partial charge in [0.1, 0.15) is 6.07 Å². The lowest BCUT2D eigenvalue weighted by Gasteiger charge is -2.08. The fraction of sp³-hybridized carbons (Fsp3) is 0. The van der Waals surface area contributed by atoms with Crippen molar-refractivity contribution < 1.29 is 13.6 Å². The molecule has 10 heteroatoms. The molecule has 26 heavy (non-hydrogen) atoms. The Morgan fingerprint density at radius 3 is 2.35 bits per heavy atom. The van der Waals surface area contributed by atoms with Crippen molar-refractivity contribution in [1.82, 2.24) is 0 Å². The number of carbonyl (C=O) groups is 1. The summed E-state index contributed by atoms with van der Waals surface area (Å²) in [5, 5.41) is 21.8. The van der Waals surface area contributed by atoms with Crippen molar-refractivity contribution in [3.63, 3.8) is 0 Å². The third kappa shape index (κ3) is 4.52. The van der Waals surface area contributed by atoms with Gasteiger partial charge in [-0.15, -0.1) is 0 Å². The van der Waals surface area contributed by atoms with Crippen molar-refractivity contribution >= 4 is 40.4 Å². The Bertz CT molecular complexity index is 937. The third-order valence-corrected chi connectivity index (χ3v) is 3.37. The Morgan fingerprint density at radius 2 is 1.77 bits per heavy atom. The number of benzene rings is 2. The van der Waals surface area contributed by atoms with Gasteiger partial charge in [-0.2, -0.15) is 10.4 Å². The van der Waals surface area contributed by atoms with Gasteiger partial charge < -0.3 is 11.1 Å². The number of hydrazone groups is 1. The minimum Gasteiger partial charge on any atom is -0.382 e. The van der Waals surface area contributed by atoms with E-state index in [1.165, 1.54) is 24.3 Å². The Balaban J connectivity index is 2.10. The molecule has 0 unspecified atom stereocenters. The second-order valence-corrected chi connectivity index (χ2v) is 5.28.